The van der Waals surface area contributed by atoms with Gasteiger partial charge in [-0.25, -0.2) is 26.3 Å². The van der Waals surface area contributed by atoms with E-state index in [0.29, 0.717) is 0 Å². The summed E-state index contributed by atoms with van der Waals surface area (Å²) in [5.74, 6) is -18.9. The maximum Gasteiger partial charge on any atom is 0.419 e. The molecule has 0 bridgehead atoms. The van der Waals surface area contributed by atoms with E-state index in [2.05, 4.69) is 5.10 Å². The van der Waals surface area contributed by atoms with Gasteiger partial charge in [0, 0.05) is 22.6 Å². The van der Waals surface area contributed by atoms with Crippen LogP contribution < -0.4 is 0 Å². The first-order valence-corrected chi connectivity index (χ1v) is 8.72. The Labute approximate surface area is 201 Å². The topological polar surface area (TPSA) is 55.1 Å². The molecule has 0 atom stereocenters. The number of hydrogen-bond acceptors (Lipinski definition) is 3. The molecular weight excluding hydrogens is 580 g/mol. The van der Waals surface area contributed by atoms with E-state index in [1.54, 1.807) is 0 Å². The quantitative estimate of drug-likeness (QED) is 0.135. The van der Waals surface area contributed by atoms with Crippen molar-refractivity contribution in [3.63, 3.8) is 0 Å². The summed E-state index contributed by atoms with van der Waals surface area (Å²) in [5.41, 5.74) is -10.4. The summed E-state index contributed by atoms with van der Waals surface area (Å²) in [5, 5.41) is 13.4. The van der Waals surface area contributed by atoms with E-state index in [1.165, 1.54) is 0 Å². The van der Waals surface area contributed by atoms with Crippen molar-refractivity contribution in [1.82, 2.24) is 9.78 Å². The molecule has 1 N–H and O–H groups in total. The fourth-order valence-electron chi connectivity index (χ4n) is 3.03. The van der Waals surface area contributed by atoms with Gasteiger partial charge in [0.05, 0.1) is 16.8 Å². The van der Waals surface area contributed by atoms with Crippen molar-refractivity contribution in [3.8, 4) is 11.6 Å². The molecule has 4 nitrogen and oxygen atoms in total. The number of carbonyl (C=O) groups is 1. The van der Waals surface area contributed by atoms with Gasteiger partial charge in [-0.2, -0.15) is 36.1 Å². The van der Waals surface area contributed by atoms with Crippen molar-refractivity contribution >= 4 is 5.78 Å². The van der Waals surface area contributed by atoms with Crippen LogP contribution in [0.25, 0.3) is 5.69 Å². The van der Waals surface area contributed by atoms with Gasteiger partial charge in [0.15, 0.2) is 29.1 Å². The average Bonchev–Trinajstić information content (AvgIpc) is 3.02. The molecule has 17 heteroatoms. The molecule has 0 unspecified atom stereocenters. The van der Waals surface area contributed by atoms with Gasteiger partial charge in [0.1, 0.15) is 17.1 Å². The Morgan fingerprint density at radius 2 is 1.17 bits per heavy atom. The van der Waals surface area contributed by atoms with E-state index in [1.807, 2.05) is 0 Å². The number of aryl methyl sites for hydroxylation is 1. The Morgan fingerprint density at radius 1 is 0.778 bits per heavy atom. The van der Waals surface area contributed by atoms with Gasteiger partial charge in [-0.1, -0.05) is 0 Å². The van der Waals surface area contributed by atoms with E-state index >= 15 is 0 Å². The number of carbonyl (C=O) groups excluding carboxylic acids is 1. The molecule has 0 saturated heterocycles. The Kier molecular flexibility index (Phi) is 7.54. The second kappa shape index (κ2) is 9.35. The first kappa shape index (κ1) is 29.0. The fraction of sp³-hybridized carbons (Fsp3) is 0.158. The average molecular weight is 586 g/mol. The van der Waals surface area contributed by atoms with Gasteiger partial charge in [-0.05, 0) is 19.1 Å². The molecule has 1 radical (unpaired) electrons. The molecule has 2 aromatic carbocycles. The van der Waals surface area contributed by atoms with Crippen LogP contribution in [0.2, 0.25) is 0 Å². The second-order valence-corrected chi connectivity index (χ2v) is 6.82. The van der Waals surface area contributed by atoms with Crippen LogP contribution in [0.1, 0.15) is 32.7 Å². The minimum atomic E-state index is -5.71. The van der Waals surface area contributed by atoms with E-state index in [4.69, 9.17) is 0 Å². The molecule has 0 saturated carbocycles. The normalized spacial score (nSPS) is 12.0. The van der Waals surface area contributed by atoms with Crippen LogP contribution >= 0.6 is 0 Å². The Balaban J connectivity index is 0.00000456. The summed E-state index contributed by atoms with van der Waals surface area (Å²) < 4.78 is 160. The van der Waals surface area contributed by atoms with Gasteiger partial charge < -0.3 is 5.11 Å². The minimum absolute atomic E-state index is 0. The molecule has 0 aliphatic rings. The summed E-state index contributed by atoms with van der Waals surface area (Å²) in [7, 11) is 0. The molecule has 1 heterocycles. The number of hydrogen-bond donors (Lipinski definition) is 1. The van der Waals surface area contributed by atoms with Gasteiger partial charge in [-0.3, -0.25) is 4.79 Å². The largest absolute Gasteiger partial charge is 0.493 e. The predicted molar refractivity (Wildman–Crippen MR) is 89.6 cm³/mol. The summed E-state index contributed by atoms with van der Waals surface area (Å²) in [6, 6.07) is -0.636. The second-order valence-electron chi connectivity index (χ2n) is 6.82. The smallest absolute Gasteiger partial charge is 0.419 e. The van der Waals surface area contributed by atoms with Crippen molar-refractivity contribution in [3.05, 3.63) is 75.0 Å². The van der Waals surface area contributed by atoms with Crippen LogP contribution in [-0.4, -0.2) is 20.7 Å². The Bertz CT molecular complexity index is 1310. The van der Waals surface area contributed by atoms with Crippen LogP contribution in [-0.2, 0) is 29.4 Å². The van der Waals surface area contributed by atoms with Crippen molar-refractivity contribution in [2.24, 2.45) is 0 Å². The molecule has 0 spiro atoms. The third kappa shape index (κ3) is 4.64. The summed E-state index contributed by atoms with van der Waals surface area (Å²) in [4.78, 5) is 12.7. The molecule has 36 heavy (non-hydrogen) atoms. The summed E-state index contributed by atoms with van der Waals surface area (Å²) in [6.45, 7) is 0.772. The van der Waals surface area contributed by atoms with Gasteiger partial charge in [0.25, 0.3) is 0 Å². The third-order valence-corrected chi connectivity index (χ3v) is 4.61. The van der Waals surface area contributed by atoms with Crippen LogP contribution in [0.3, 0.4) is 0 Å². The maximum absolute atomic E-state index is 14.1. The standard InChI is InChI=1S/C19H6F12N2O2.Cu/c1-4-8(17(35)33(32-4)15-13(24)11(22)10(21)12(23)14(15)25)16(34)5-2-6(18(26,27)28)9(20)7(3-5)19(29,30)31;/h2-3,35H,1H3;. The predicted octanol–water partition coefficient (Wildman–Crippen LogP) is 5.99. The van der Waals surface area contributed by atoms with Gasteiger partial charge >= 0.3 is 12.4 Å². The number of aromatic hydroxyl groups is 1. The molecule has 0 fully saturated rings. The number of rotatable bonds is 3. The fourth-order valence-corrected chi connectivity index (χ4v) is 3.03. The molecule has 1 aromatic heterocycles. The molecule has 0 amide bonds. The first-order valence-electron chi connectivity index (χ1n) is 8.72. The molecule has 3 rings (SSSR count). The van der Waals surface area contributed by atoms with E-state index in [0.717, 1.165) is 6.92 Å². The van der Waals surface area contributed by atoms with Gasteiger partial charge in [-0.15, -0.1) is 0 Å². The van der Waals surface area contributed by atoms with Crippen LogP contribution in [0.15, 0.2) is 12.1 Å². The van der Waals surface area contributed by atoms with Crippen LogP contribution in [0.5, 0.6) is 5.88 Å². The van der Waals surface area contributed by atoms with Crippen molar-refractivity contribution in [1.29, 1.82) is 0 Å². The van der Waals surface area contributed by atoms with E-state index < -0.39 is 92.6 Å². The van der Waals surface area contributed by atoms with Crippen LogP contribution in [0.4, 0.5) is 52.7 Å². The van der Waals surface area contributed by atoms with Crippen molar-refractivity contribution in [2.45, 2.75) is 19.3 Å². The Morgan fingerprint density at radius 3 is 1.56 bits per heavy atom. The van der Waals surface area contributed by atoms with Crippen molar-refractivity contribution < 1.29 is 79.7 Å². The van der Waals surface area contributed by atoms with Crippen molar-refractivity contribution in [2.75, 3.05) is 0 Å². The summed E-state index contributed by atoms with van der Waals surface area (Å²) >= 11 is 0. The Hall–Kier alpha value is -3.20. The molecule has 199 valence electrons. The zero-order valence-electron chi connectivity index (χ0n) is 16.7. The first-order chi connectivity index (χ1) is 15.9. The molecular formula is C19H6CuF12N2O2. The van der Waals surface area contributed by atoms with E-state index in [9.17, 15) is 62.6 Å². The number of alkyl halides is 6. The number of benzene rings is 2. The van der Waals surface area contributed by atoms with Crippen LogP contribution in [0, 0.1) is 41.8 Å². The van der Waals surface area contributed by atoms with E-state index in [-0.39, 0.29) is 33.9 Å². The number of halogens is 12. The molecule has 3 aromatic rings. The number of ketones is 1. The van der Waals surface area contributed by atoms with Gasteiger partial charge in [0.2, 0.25) is 11.7 Å². The monoisotopic (exact) mass is 585 g/mol. The number of nitrogens with zero attached hydrogens (tertiary/aromatic N) is 2. The zero-order valence-corrected chi connectivity index (χ0v) is 17.7. The zero-order chi connectivity index (χ0) is 26.8. The minimum Gasteiger partial charge on any atom is -0.493 e. The molecule has 0 aliphatic heterocycles. The summed E-state index contributed by atoms with van der Waals surface area (Å²) in [6.07, 6.45) is -11.4. The molecule has 0 aliphatic carbocycles. The third-order valence-electron chi connectivity index (χ3n) is 4.61. The SMILES string of the molecule is Cc1nn(-c2c(F)c(F)c(F)c(F)c2F)c(O)c1C(=O)c1cc(C(F)(F)F)c(F)c(C(F)(F)F)c1.[Cu]. The maximum atomic E-state index is 14.1. The number of aromatic nitrogens is 2.